The standard InChI is InChI=1S/C14H21ClN2O2/c1-4-5-17(6-7-18)14(19)11-8-12(10(2)3)16-13(15)9-11/h8-10,18H,4-7H2,1-3H3. The molecule has 0 unspecified atom stereocenters. The number of aliphatic hydroxyl groups is 1. The first-order valence-electron chi connectivity index (χ1n) is 6.57. The van der Waals surface area contributed by atoms with E-state index < -0.39 is 0 Å². The molecule has 5 heteroatoms. The minimum atomic E-state index is -0.109. The lowest BCUT2D eigenvalue weighted by atomic mass is 10.1. The molecule has 19 heavy (non-hydrogen) atoms. The SMILES string of the molecule is CCCN(CCO)C(=O)c1cc(Cl)nc(C(C)C)c1. The third-order valence-corrected chi connectivity index (χ3v) is 3.00. The lowest BCUT2D eigenvalue weighted by Gasteiger charge is -2.21. The summed E-state index contributed by atoms with van der Waals surface area (Å²) in [5.41, 5.74) is 1.34. The number of amides is 1. The van der Waals surface area contributed by atoms with E-state index >= 15 is 0 Å². The van der Waals surface area contributed by atoms with Gasteiger partial charge in [0.05, 0.1) is 6.61 Å². The van der Waals surface area contributed by atoms with Crippen LogP contribution in [0, 0.1) is 0 Å². The van der Waals surface area contributed by atoms with Crippen LogP contribution in [0.5, 0.6) is 0 Å². The van der Waals surface area contributed by atoms with Gasteiger partial charge in [0.25, 0.3) is 5.91 Å². The molecule has 0 radical (unpaired) electrons. The van der Waals surface area contributed by atoms with Crippen molar-refractivity contribution in [3.63, 3.8) is 0 Å². The minimum Gasteiger partial charge on any atom is -0.395 e. The van der Waals surface area contributed by atoms with Crippen LogP contribution in [0.25, 0.3) is 0 Å². The highest BCUT2D eigenvalue weighted by Crippen LogP contribution is 2.19. The molecule has 1 amide bonds. The maximum absolute atomic E-state index is 12.4. The molecule has 0 aliphatic rings. The number of hydrogen-bond acceptors (Lipinski definition) is 3. The number of aliphatic hydroxyl groups excluding tert-OH is 1. The molecular formula is C14H21ClN2O2. The van der Waals surface area contributed by atoms with E-state index in [4.69, 9.17) is 16.7 Å². The Labute approximate surface area is 119 Å². The van der Waals surface area contributed by atoms with Gasteiger partial charge in [-0.15, -0.1) is 0 Å². The van der Waals surface area contributed by atoms with E-state index in [9.17, 15) is 4.79 Å². The average Bonchev–Trinajstić information content (AvgIpc) is 2.37. The topological polar surface area (TPSA) is 53.4 Å². The van der Waals surface area contributed by atoms with E-state index in [2.05, 4.69) is 4.98 Å². The van der Waals surface area contributed by atoms with Crippen LogP contribution in [-0.2, 0) is 0 Å². The van der Waals surface area contributed by atoms with Gasteiger partial charge in [-0.25, -0.2) is 4.98 Å². The molecule has 0 saturated heterocycles. The van der Waals surface area contributed by atoms with Gasteiger partial charge in [0, 0.05) is 24.3 Å². The summed E-state index contributed by atoms with van der Waals surface area (Å²) in [6, 6.07) is 3.36. The zero-order valence-corrected chi connectivity index (χ0v) is 12.4. The molecule has 4 nitrogen and oxygen atoms in total. The van der Waals surface area contributed by atoms with Gasteiger partial charge in [0.15, 0.2) is 0 Å². The molecule has 1 heterocycles. The number of aromatic nitrogens is 1. The number of nitrogens with zero attached hydrogens (tertiary/aromatic N) is 2. The van der Waals surface area contributed by atoms with Crippen molar-refractivity contribution in [2.75, 3.05) is 19.7 Å². The Hall–Kier alpha value is -1.13. The zero-order valence-electron chi connectivity index (χ0n) is 11.7. The minimum absolute atomic E-state index is 0.0401. The van der Waals surface area contributed by atoms with Crippen molar-refractivity contribution in [1.82, 2.24) is 9.88 Å². The number of carbonyl (C=O) groups excluding carboxylic acids is 1. The fraction of sp³-hybridized carbons (Fsp3) is 0.571. The van der Waals surface area contributed by atoms with Gasteiger partial charge in [-0.05, 0) is 24.5 Å². The van der Waals surface area contributed by atoms with Crippen molar-refractivity contribution in [2.45, 2.75) is 33.1 Å². The monoisotopic (exact) mass is 284 g/mol. The number of halogens is 1. The first kappa shape index (κ1) is 15.9. The van der Waals surface area contributed by atoms with E-state index in [-0.39, 0.29) is 18.4 Å². The maximum atomic E-state index is 12.4. The second-order valence-electron chi connectivity index (χ2n) is 4.77. The Morgan fingerprint density at radius 2 is 2.11 bits per heavy atom. The Morgan fingerprint density at radius 1 is 1.42 bits per heavy atom. The predicted molar refractivity (Wildman–Crippen MR) is 76.6 cm³/mol. The molecule has 0 saturated carbocycles. The number of carbonyl (C=O) groups is 1. The van der Waals surface area contributed by atoms with Crippen LogP contribution in [0.3, 0.4) is 0 Å². The van der Waals surface area contributed by atoms with Crippen LogP contribution in [0.4, 0.5) is 0 Å². The third kappa shape index (κ3) is 4.48. The van der Waals surface area contributed by atoms with Gasteiger partial charge in [-0.2, -0.15) is 0 Å². The Kier molecular flexibility index (Phi) is 6.25. The number of pyridine rings is 1. The maximum Gasteiger partial charge on any atom is 0.254 e. The first-order valence-corrected chi connectivity index (χ1v) is 6.95. The quantitative estimate of drug-likeness (QED) is 0.817. The van der Waals surface area contributed by atoms with E-state index in [1.165, 1.54) is 0 Å². The lowest BCUT2D eigenvalue weighted by Crippen LogP contribution is -2.34. The van der Waals surface area contributed by atoms with Crippen molar-refractivity contribution < 1.29 is 9.90 Å². The van der Waals surface area contributed by atoms with Crippen molar-refractivity contribution in [1.29, 1.82) is 0 Å². The highest BCUT2D eigenvalue weighted by atomic mass is 35.5. The van der Waals surface area contributed by atoms with Crippen LogP contribution in [0.1, 0.15) is 49.2 Å². The number of hydrogen-bond donors (Lipinski definition) is 1. The van der Waals surface area contributed by atoms with E-state index in [1.54, 1.807) is 17.0 Å². The average molecular weight is 285 g/mol. The fourth-order valence-electron chi connectivity index (χ4n) is 1.82. The van der Waals surface area contributed by atoms with Crippen molar-refractivity contribution in [2.24, 2.45) is 0 Å². The molecule has 0 fully saturated rings. The molecule has 1 N–H and O–H groups in total. The van der Waals surface area contributed by atoms with Gasteiger partial charge in [-0.3, -0.25) is 4.79 Å². The van der Waals surface area contributed by atoms with Gasteiger partial charge in [0.2, 0.25) is 0 Å². The molecular weight excluding hydrogens is 264 g/mol. The Morgan fingerprint density at radius 3 is 2.63 bits per heavy atom. The van der Waals surface area contributed by atoms with Gasteiger partial charge in [0.1, 0.15) is 5.15 Å². The van der Waals surface area contributed by atoms with Crippen LogP contribution >= 0.6 is 11.6 Å². The van der Waals surface area contributed by atoms with E-state index in [1.807, 2.05) is 20.8 Å². The smallest absolute Gasteiger partial charge is 0.254 e. The van der Waals surface area contributed by atoms with Crippen LogP contribution in [0.15, 0.2) is 12.1 Å². The summed E-state index contributed by atoms with van der Waals surface area (Å²) in [6.07, 6.45) is 0.849. The summed E-state index contributed by atoms with van der Waals surface area (Å²) in [5, 5.41) is 9.35. The highest BCUT2D eigenvalue weighted by Gasteiger charge is 2.17. The van der Waals surface area contributed by atoms with Gasteiger partial charge >= 0.3 is 0 Å². The van der Waals surface area contributed by atoms with Crippen LogP contribution in [-0.4, -0.2) is 40.6 Å². The first-order chi connectivity index (χ1) is 8.99. The normalized spacial score (nSPS) is 10.8. The van der Waals surface area contributed by atoms with E-state index in [0.29, 0.717) is 23.8 Å². The summed E-state index contributed by atoms with van der Waals surface area (Å²) in [4.78, 5) is 18.2. The summed E-state index contributed by atoms with van der Waals surface area (Å²) < 4.78 is 0. The Bertz CT molecular complexity index is 429. The zero-order chi connectivity index (χ0) is 14.4. The molecule has 0 aliphatic carbocycles. The molecule has 0 spiro atoms. The predicted octanol–water partition coefficient (Wildman–Crippen LogP) is 2.70. The second-order valence-corrected chi connectivity index (χ2v) is 5.16. The second kappa shape index (κ2) is 7.46. The van der Waals surface area contributed by atoms with E-state index in [0.717, 1.165) is 12.1 Å². The summed E-state index contributed by atoms with van der Waals surface area (Å²) >= 11 is 5.97. The molecule has 0 aromatic carbocycles. The molecule has 106 valence electrons. The summed E-state index contributed by atoms with van der Waals surface area (Å²) in [5.74, 6) is 0.102. The highest BCUT2D eigenvalue weighted by molar-refractivity contribution is 6.29. The molecule has 0 bridgehead atoms. The summed E-state index contributed by atoms with van der Waals surface area (Å²) in [6.45, 7) is 6.92. The van der Waals surface area contributed by atoms with Gasteiger partial charge in [-0.1, -0.05) is 32.4 Å². The number of rotatable bonds is 6. The fourth-order valence-corrected chi connectivity index (χ4v) is 2.04. The molecule has 1 aromatic rings. The Balaban J connectivity index is 3.02. The lowest BCUT2D eigenvalue weighted by molar-refractivity contribution is 0.0721. The largest absolute Gasteiger partial charge is 0.395 e. The van der Waals surface area contributed by atoms with Crippen molar-refractivity contribution in [3.8, 4) is 0 Å². The van der Waals surface area contributed by atoms with Crippen LogP contribution in [0.2, 0.25) is 5.15 Å². The molecule has 1 aromatic heterocycles. The van der Waals surface area contributed by atoms with Crippen LogP contribution < -0.4 is 0 Å². The van der Waals surface area contributed by atoms with Crippen molar-refractivity contribution >= 4 is 17.5 Å². The van der Waals surface area contributed by atoms with Crippen molar-refractivity contribution in [3.05, 3.63) is 28.5 Å². The molecule has 0 aliphatic heterocycles. The molecule has 1 rings (SSSR count). The molecule has 0 atom stereocenters. The van der Waals surface area contributed by atoms with Gasteiger partial charge < -0.3 is 10.0 Å². The summed E-state index contributed by atoms with van der Waals surface area (Å²) in [7, 11) is 0. The third-order valence-electron chi connectivity index (χ3n) is 2.80.